The number of carbonyl (C=O) groups is 1. The Labute approximate surface area is 104 Å². The van der Waals surface area contributed by atoms with Crippen LogP contribution >= 0.6 is 0 Å². The first-order chi connectivity index (χ1) is 8.06. The van der Waals surface area contributed by atoms with Gasteiger partial charge >= 0.3 is 0 Å². The molecule has 0 saturated heterocycles. The number of nitrogens with one attached hydrogen (secondary N) is 2. The first-order valence-electron chi connectivity index (χ1n) is 6.75. The molecule has 1 amide bonds. The van der Waals surface area contributed by atoms with Crippen molar-refractivity contribution in [3.05, 3.63) is 0 Å². The highest BCUT2D eigenvalue weighted by atomic mass is 16.3. The second kappa shape index (κ2) is 6.97. The van der Waals surface area contributed by atoms with Crippen LogP contribution in [-0.4, -0.2) is 36.2 Å². The normalized spacial score (nSPS) is 29.0. The van der Waals surface area contributed by atoms with E-state index in [-0.39, 0.29) is 5.91 Å². The molecule has 0 atom stereocenters. The van der Waals surface area contributed by atoms with Crippen LogP contribution in [0.25, 0.3) is 0 Å². The van der Waals surface area contributed by atoms with E-state index in [0.29, 0.717) is 13.1 Å². The van der Waals surface area contributed by atoms with Crippen molar-refractivity contribution in [3.8, 4) is 0 Å². The maximum absolute atomic E-state index is 11.3. The van der Waals surface area contributed by atoms with E-state index in [1.165, 1.54) is 0 Å². The molecule has 1 aliphatic rings. The Bertz CT molecular complexity index is 236. The van der Waals surface area contributed by atoms with E-state index in [2.05, 4.69) is 17.6 Å². The average molecular weight is 242 g/mol. The summed E-state index contributed by atoms with van der Waals surface area (Å²) in [7, 11) is 0. The van der Waals surface area contributed by atoms with E-state index in [4.69, 9.17) is 0 Å². The monoisotopic (exact) mass is 242 g/mol. The minimum Gasteiger partial charge on any atom is -0.389 e. The lowest BCUT2D eigenvalue weighted by molar-refractivity contribution is -0.120. The highest BCUT2D eigenvalue weighted by molar-refractivity contribution is 5.77. The van der Waals surface area contributed by atoms with E-state index in [0.717, 1.165) is 44.6 Å². The van der Waals surface area contributed by atoms with Gasteiger partial charge in [0.05, 0.1) is 12.1 Å². The Balaban J connectivity index is 2.15. The smallest absolute Gasteiger partial charge is 0.233 e. The fourth-order valence-corrected chi connectivity index (χ4v) is 2.21. The Morgan fingerprint density at radius 3 is 2.65 bits per heavy atom. The summed E-state index contributed by atoms with van der Waals surface area (Å²) in [5, 5.41) is 16.1. The van der Waals surface area contributed by atoms with E-state index in [1.54, 1.807) is 0 Å². The van der Waals surface area contributed by atoms with Gasteiger partial charge in [-0.15, -0.1) is 0 Å². The summed E-state index contributed by atoms with van der Waals surface area (Å²) in [4.78, 5) is 11.3. The third-order valence-corrected chi connectivity index (χ3v) is 3.52. The van der Waals surface area contributed by atoms with Gasteiger partial charge in [-0.25, -0.2) is 0 Å². The third-order valence-electron chi connectivity index (χ3n) is 3.52. The fourth-order valence-electron chi connectivity index (χ4n) is 2.21. The van der Waals surface area contributed by atoms with Crippen molar-refractivity contribution in [2.75, 3.05) is 19.6 Å². The SMILES string of the molecule is CCCNC(=O)CNCC1(O)CCC(C)CC1. The molecule has 1 saturated carbocycles. The predicted molar refractivity (Wildman–Crippen MR) is 68.8 cm³/mol. The maximum Gasteiger partial charge on any atom is 0.233 e. The van der Waals surface area contributed by atoms with Gasteiger partial charge in [0.2, 0.25) is 5.91 Å². The van der Waals surface area contributed by atoms with Crippen LogP contribution in [0.5, 0.6) is 0 Å². The number of amides is 1. The molecule has 0 aliphatic heterocycles. The van der Waals surface area contributed by atoms with Crippen molar-refractivity contribution in [2.45, 2.75) is 51.6 Å². The Morgan fingerprint density at radius 1 is 1.41 bits per heavy atom. The Hall–Kier alpha value is -0.610. The molecule has 0 heterocycles. The summed E-state index contributed by atoms with van der Waals surface area (Å²) in [6.07, 6.45) is 4.81. The zero-order chi connectivity index (χ0) is 12.7. The number of rotatable bonds is 6. The zero-order valence-electron chi connectivity index (χ0n) is 11.1. The second-order valence-corrected chi connectivity index (χ2v) is 5.36. The van der Waals surface area contributed by atoms with Gasteiger partial charge in [0.25, 0.3) is 0 Å². The molecule has 0 radical (unpaired) electrons. The van der Waals surface area contributed by atoms with Crippen molar-refractivity contribution in [1.82, 2.24) is 10.6 Å². The van der Waals surface area contributed by atoms with Crippen molar-refractivity contribution < 1.29 is 9.90 Å². The molecule has 0 aromatic heterocycles. The third kappa shape index (κ3) is 5.50. The van der Waals surface area contributed by atoms with Crippen LogP contribution in [0.2, 0.25) is 0 Å². The fraction of sp³-hybridized carbons (Fsp3) is 0.923. The lowest BCUT2D eigenvalue weighted by atomic mass is 9.79. The Kier molecular flexibility index (Phi) is 5.92. The molecule has 0 aromatic rings. The van der Waals surface area contributed by atoms with Gasteiger partial charge < -0.3 is 15.7 Å². The van der Waals surface area contributed by atoms with Gasteiger partial charge in [-0.3, -0.25) is 4.79 Å². The van der Waals surface area contributed by atoms with E-state index < -0.39 is 5.60 Å². The summed E-state index contributed by atoms with van der Waals surface area (Å²) >= 11 is 0. The minimum atomic E-state index is -0.600. The quantitative estimate of drug-likeness (QED) is 0.652. The van der Waals surface area contributed by atoms with Gasteiger partial charge in [-0.2, -0.15) is 0 Å². The van der Waals surface area contributed by atoms with Gasteiger partial charge in [-0.05, 0) is 38.0 Å². The van der Waals surface area contributed by atoms with Crippen LogP contribution in [0, 0.1) is 5.92 Å². The summed E-state index contributed by atoms with van der Waals surface area (Å²) in [5.74, 6) is 0.739. The molecule has 3 N–H and O–H groups in total. The molecule has 4 heteroatoms. The van der Waals surface area contributed by atoms with Gasteiger partial charge in [0.1, 0.15) is 0 Å². The predicted octanol–water partition coefficient (Wildman–Crippen LogP) is 1.04. The molecule has 1 fully saturated rings. The van der Waals surface area contributed by atoms with Crippen LogP contribution in [-0.2, 0) is 4.79 Å². The molecule has 0 aromatic carbocycles. The topological polar surface area (TPSA) is 61.4 Å². The highest BCUT2D eigenvalue weighted by Gasteiger charge is 2.31. The molecular formula is C13H26N2O2. The zero-order valence-corrected chi connectivity index (χ0v) is 11.1. The van der Waals surface area contributed by atoms with Gasteiger partial charge in [0, 0.05) is 13.1 Å². The minimum absolute atomic E-state index is 0.0135. The molecule has 0 spiro atoms. The molecule has 1 rings (SSSR count). The standard InChI is InChI=1S/C13H26N2O2/c1-3-8-15-12(16)9-14-10-13(17)6-4-11(2)5-7-13/h11,14,17H,3-10H2,1-2H3,(H,15,16). The number of aliphatic hydroxyl groups is 1. The lowest BCUT2D eigenvalue weighted by Gasteiger charge is -2.35. The summed E-state index contributed by atoms with van der Waals surface area (Å²) in [6, 6.07) is 0. The maximum atomic E-state index is 11.3. The molecule has 100 valence electrons. The summed E-state index contributed by atoms with van der Waals surface area (Å²) in [5.41, 5.74) is -0.600. The van der Waals surface area contributed by atoms with Crippen LogP contribution in [0.15, 0.2) is 0 Å². The highest BCUT2D eigenvalue weighted by Crippen LogP contribution is 2.31. The van der Waals surface area contributed by atoms with Crippen LogP contribution < -0.4 is 10.6 Å². The van der Waals surface area contributed by atoms with Crippen LogP contribution in [0.4, 0.5) is 0 Å². The van der Waals surface area contributed by atoms with Crippen molar-refractivity contribution in [3.63, 3.8) is 0 Å². The summed E-state index contributed by atoms with van der Waals surface area (Å²) in [6.45, 7) is 5.81. The van der Waals surface area contributed by atoms with Crippen LogP contribution in [0.1, 0.15) is 46.0 Å². The second-order valence-electron chi connectivity index (χ2n) is 5.36. The van der Waals surface area contributed by atoms with Crippen molar-refractivity contribution >= 4 is 5.91 Å². The lowest BCUT2D eigenvalue weighted by Crippen LogP contribution is -2.46. The van der Waals surface area contributed by atoms with Crippen molar-refractivity contribution in [1.29, 1.82) is 0 Å². The van der Waals surface area contributed by atoms with Crippen molar-refractivity contribution in [2.24, 2.45) is 5.92 Å². The molecule has 0 bridgehead atoms. The number of carbonyl (C=O) groups excluding carboxylic acids is 1. The summed E-state index contributed by atoms with van der Waals surface area (Å²) < 4.78 is 0. The molecule has 4 nitrogen and oxygen atoms in total. The number of hydrogen-bond acceptors (Lipinski definition) is 3. The van der Waals surface area contributed by atoms with E-state index in [1.807, 2.05) is 6.92 Å². The Morgan fingerprint density at radius 2 is 2.06 bits per heavy atom. The average Bonchev–Trinajstić information content (AvgIpc) is 2.31. The first-order valence-corrected chi connectivity index (χ1v) is 6.75. The first kappa shape index (κ1) is 14.5. The molecular weight excluding hydrogens is 216 g/mol. The molecule has 1 aliphatic carbocycles. The molecule has 17 heavy (non-hydrogen) atoms. The van der Waals surface area contributed by atoms with E-state index >= 15 is 0 Å². The van der Waals surface area contributed by atoms with Gasteiger partial charge in [-0.1, -0.05) is 13.8 Å². The number of hydrogen-bond donors (Lipinski definition) is 3. The molecule has 0 unspecified atom stereocenters. The van der Waals surface area contributed by atoms with Gasteiger partial charge in [0.15, 0.2) is 0 Å². The largest absolute Gasteiger partial charge is 0.389 e. The van der Waals surface area contributed by atoms with E-state index in [9.17, 15) is 9.90 Å². The van der Waals surface area contributed by atoms with Crippen LogP contribution in [0.3, 0.4) is 0 Å².